The van der Waals surface area contributed by atoms with Crippen LogP contribution in [-0.4, -0.2) is 39.6 Å². The van der Waals surface area contributed by atoms with Crippen molar-refractivity contribution in [2.75, 3.05) is 6.61 Å². The molecule has 1 aliphatic rings. The third-order valence-corrected chi connectivity index (χ3v) is 4.59. The van der Waals surface area contributed by atoms with Crippen LogP contribution in [0.3, 0.4) is 0 Å². The highest BCUT2D eigenvalue weighted by Crippen LogP contribution is 2.35. The highest BCUT2D eigenvalue weighted by atomic mass is 16.5. The number of Topliss-reactive ketones (excluding diaryl/α,β-unsaturated/α-hetero) is 1. The number of ketones is 1. The minimum Gasteiger partial charge on any atom is -0.511 e. The van der Waals surface area contributed by atoms with Crippen LogP contribution in [0.5, 0.6) is 5.75 Å². The summed E-state index contributed by atoms with van der Waals surface area (Å²) in [5, 5.41) is 11.0. The van der Waals surface area contributed by atoms with Crippen LogP contribution in [-0.2, 0) is 4.79 Å². The molecular weight excluding hydrogens is 370 g/mol. The van der Waals surface area contributed by atoms with Crippen molar-refractivity contribution in [2.24, 2.45) is 21.1 Å². The van der Waals surface area contributed by atoms with E-state index < -0.39 is 0 Å². The van der Waals surface area contributed by atoms with E-state index in [1.807, 2.05) is 45.9 Å². The number of benzene rings is 1. The quantitative estimate of drug-likeness (QED) is 0.603. The fourth-order valence-corrected chi connectivity index (χ4v) is 3.26. The number of allylic oxidation sites excluding steroid dienone is 2. The van der Waals surface area contributed by atoms with E-state index >= 15 is 0 Å². The van der Waals surface area contributed by atoms with Gasteiger partial charge in [0, 0.05) is 24.4 Å². The summed E-state index contributed by atoms with van der Waals surface area (Å²) in [5.74, 6) is 0.667. The number of nitrogens with two attached hydrogens (primary N) is 1. The number of aliphatic hydroxyl groups is 1. The number of ether oxygens (including phenoxy) is 1. The number of hydrogen-bond donors (Lipinski definition) is 2. The number of fused-ring (bicyclic) bond motifs is 1. The van der Waals surface area contributed by atoms with Crippen LogP contribution in [0, 0.1) is 12.3 Å². The van der Waals surface area contributed by atoms with Gasteiger partial charge in [-0.2, -0.15) is 4.99 Å². The molecule has 0 fully saturated rings. The average molecular weight is 395 g/mol. The van der Waals surface area contributed by atoms with E-state index in [4.69, 9.17) is 10.5 Å². The maximum Gasteiger partial charge on any atom is 0.253 e. The molecular formula is C21H25N5O3. The van der Waals surface area contributed by atoms with Crippen molar-refractivity contribution in [1.82, 2.24) is 9.97 Å². The van der Waals surface area contributed by atoms with E-state index in [1.54, 1.807) is 0 Å². The van der Waals surface area contributed by atoms with Crippen LogP contribution >= 0.6 is 0 Å². The number of guanidine groups is 1. The first-order chi connectivity index (χ1) is 13.7. The molecule has 0 atom stereocenters. The molecule has 3 N–H and O–H groups in total. The monoisotopic (exact) mass is 395 g/mol. The van der Waals surface area contributed by atoms with Crippen molar-refractivity contribution in [1.29, 1.82) is 0 Å². The zero-order valence-electron chi connectivity index (χ0n) is 17.1. The van der Waals surface area contributed by atoms with E-state index in [-0.39, 0.29) is 34.4 Å². The zero-order chi connectivity index (χ0) is 21.2. The van der Waals surface area contributed by atoms with E-state index in [0.29, 0.717) is 25.0 Å². The van der Waals surface area contributed by atoms with Gasteiger partial charge in [0.05, 0.1) is 23.4 Å². The summed E-state index contributed by atoms with van der Waals surface area (Å²) in [6, 6.07) is 5.55. The van der Waals surface area contributed by atoms with Crippen molar-refractivity contribution in [3.05, 3.63) is 35.2 Å². The standard InChI is InChI=1S/C21H25N5O3/c1-5-29-13-6-7-16-14(8-13)12(2)24-20(25-16)26-19(22)23-11-15-17(27)9-21(3,4)10-18(15)28/h6-8,11,27H,5,9-10H2,1-4H3,(H2,22,24,25,26)/b23-11+. The fourth-order valence-electron chi connectivity index (χ4n) is 3.26. The topological polar surface area (TPSA) is 123 Å². The molecule has 1 aliphatic carbocycles. The van der Waals surface area contributed by atoms with Gasteiger partial charge in [0.2, 0.25) is 5.96 Å². The predicted octanol–water partition coefficient (Wildman–Crippen LogP) is 3.56. The Bertz CT molecular complexity index is 1050. The van der Waals surface area contributed by atoms with Gasteiger partial charge in [-0.05, 0) is 37.5 Å². The van der Waals surface area contributed by atoms with E-state index in [0.717, 1.165) is 16.8 Å². The molecule has 0 bridgehead atoms. The van der Waals surface area contributed by atoms with Crippen LogP contribution in [0.4, 0.5) is 5.95 Å². The van der Waals surface area contributed by atoms with Crippen LogP contribution in [0.25, 0.3) is 10.9 Å². The zero-order valence-corrected chi connectivity index (χ0v) is 17.1. The number of carbonyl (C=O) groups is 1. The first-order valence-corrected chi connectivity index (χ1v) is 9.43. The molecule has 1 heterocycles. The summed E-state index contributed by atoms with van der Waals surface area (Å²) in [6.07, 6.45) is 2.01. The molecule has 0 unspecified atom stereocenters. The lowest BCUT2D eigenvalue weighted by Gasteiger charge is -2.28. The molecule has 0 aliphatic heterocycles. The molecule has 152 valence electrons. The molecule has 29 heavy (non-hydrogen) atoms. The fraction of sp³-hybridized carbons (Fsp3) is 0.381. The third kappa shape index (κ3) is 4.77. The summed E-state index contributed by atoms with van der Waals surface area (Å²) in [7, 11) is 0. The van der Waals surface area contributed by atoms with Crippen molar-refractivity contribution >= 4 is 34.8 Å². The highest BCUT2D eigenvalue weighted by Gasteiger charge is 2.32. The van der Waals surface area contributed by atoms with Gasteiger partial charge in [0.1, 0.15) is 11.5 Å². The summed E-state index contributed by atoms with van der Waals surface area (Å²) < 4.78 is 5.51. The smallest absolute Gasteiger partial charge is 0.253 e. The Morgan fingerprint density at radius 3 is 2.79 bits per heavy atom. The molecule has 0 radical (unpaired) electrons. The number of aryl methyl sites for hydroxylation is 1. The summed E-state index contributed by atoms with van der Waals surface area (Å²) in [5.41, 5.74) is 7.21. The van der Waals surface area contributed by atoms with E-state index in [1.165, 1.54) is 6.21 Å². The molecule has 8 nitrogen and oxygen atoms in total. The van der Waals surface area contributed by atoms with Crippen LogP contribution in [0.2, 0.25) is 0 Å². The number of aliphatic imine (C=N–C) groups is 2. The molecule has 0 saturated heterocycles. The minimum atomic E-state index is -0.267. The lowest BCUT2D eigenvalue weighted by atomic mass is 9.77. The number of aliphatic hydroxyl groups excluding tert-OH is 1. The largest absolute Gasteiger partial charge is 0.511 e. The van der Waals surface area contributed by atoms with Gasteiger partial charge in [-0.25, -0.2) is 15.0 Å². The van der Waals surface area contributed by atoms with Crippen molar-refractivity contribution in [3.63, 3.8) is 0 Å². The van der Waals surface area contributed by atoms with Gasteiger partial charge < -0.3 is 15.6 Å². The number of rotatable bonds is 4. The average Bonchev–Trinajstić information content (AvgIpc) is 2.61. The molecule has 0 saturated carbocycles. The molecule has 0 spiro atoms. The summed E-state index contributed by atoms with van der Waals surface area (Å²) >= 11 is 0. The Hall–Kier alpha value is -3.29. The van der Waals surface area contributed by atoms with Gasteiger partial charge in [-0.3, -0.25) is 4.79 Å². The molecule has 1 aromatic heterocycles. The van der Waals surface area contributed by atoms with Crippen molar-refractivity contribution in [2.45, 2.75) is 40.5 Å². The first kappa shape index (κ1) is 20.4. The Balaban J connectivity index is 1.86. The SMILES string of the molecule is CCOc1ccc2nc(/N=C(N)/N=C/C3=C(O)CC(C)(C)CC3=O)nc(C)c2c1. The second kappa shape index (κ2) is 7.98. The van der Waals surface area contributed by atoms with Crippen molar-refractivity contribution < 1.29 is 14.6 Å². The van der Waals surface area contributed by atoms with Gasteiger partial charge in [0.15, 0.2) is 5.78 Å². The van der Waals surface area contributed by atoms with Gasteiger partial charge in [0.25, 0.3) is 5.95 Å². The van der Waals surface area contributed by atoms with Gasteiger partial charge in [-0.1, -0.05) is 13.8 Å². The number of carbonyl (C=O) groups excluding carboxylic acids is 1. The maximum absolute atomic E-state index is 12.2. The molecule has 0 amide bonds. The number of hydrogen-bond acceptors (Lipinski definition) is 6. The normalized spacial score (nSPS) is 17.4. The van der Waals surface area contributed by atoms with Gasteiger partial charge >= 0.3 is 0 Å². The van der Waals surface area contributed by atoms with Crippen LogP contribution < -0.4 is 10.5 Å². The first-order valence-electron chi connectivity index (χ1n) is 9.43. The maximum atomic E-state index is 12.2. The minimum absolute atomic E-state index is 0.0192. The number of aromatic nitrogens is 2. The summed E-state index contributed by atoms with van der Waals surface area (Å²) in [4.78, 5) is 29.1. The summed E-state index contributed by atoms with van der Waals surface area (Å²) in [6.45, 7) is 8.22. The van der Waals surface area contributed by atoms with Crippen LogP contribution in [0.1, 0.15) is 39.3 Å². The highest BCUT2D eigenvalue weighted by molar-refractivity contribution is 6.16. The Morgan fingerprint density at radius 1 is 1.34 bits per heavy atom. The van der Waals surface area contributed by atoms with Gasteiger partial charge in [-0.15, -0.1) is 0 Å². The third-order valence-electron chi connectivity index (χ3n) is 4.59. The lowest BCUT2D eigenvalue weighted by Crippen LogP contribution is -2.26. The second-order valence-corrected chi connectivity index (χ2v) is 7.75. The molecule has 2 aromatic rings. The Kier molecular flexibility index (Phi) is 5.63. The second-order valence-electron chi connectivity index (χ2n) is 7.75. The lowest BCUT2D eigenvalue weighted by molar-refractivity contribution is -0.117. The van der Waals surface area contributed by atoms with Crippen molar-refractivity contribution in [3.8, 4) is 5.75 Å². The molecule has 1 aromatic carbocycles. The predicted molar refractivity (Wildman–Crippen MR) is 113 cm³/mol. The van der Waals surface area contributed by atoms with E-state index in [2.05, 4.69) is 20.0 Å². The van der Waals surface area contributed by atoms with E-state index in [9.17, 15) is 9.90 Å². The number of nitrogens with zero attached hydrogens (tertiary/aromatic N) is 4. The Labute approximate surface area is 169 Å². The molecule has 3 rings (SSSR count). The molecule has 8 heteroatoms. The Morgan fingerprint density at radius 2 is 2.10 bits per heavy atom. The van der Waals surface area contributed by atoms with Crippen LogP contribution in [0.15, 0.2) is 39.5 Å².